The van der Waals surface area contributed by atoms with E-state index in [9.17, 15) is 8.78 Å². The van der Waals surface area contributed by atoms with Crippen molar-refractivity contribution in [2.75, 3.05) is 0 Å². The van der Waals surface area contributed by atoms with Crippen molar-refractivity contribution in [2.45, 2.75) is 17.4 Å². The first-order chi connectivity index (χ1) is 10.2. The number of halogens is 2. The monoisotopic (exact) mass is 308 g/mol. The quantitative estimate of drug-likeness (QED) is 0.579. The summed E-state index contributed by atoms with van der Waals surface area (Å²) < 4.78 is 28.4. The second kappa shape index (κ2) is 6.04. The van der Waals surface area contributed by atoms with Crippen molar-refractivity contribution in [3.63, 3.8) is 0 Å². The molecule has 108 valence electrons. The van der Waals surface area contributed by atoms with Gasteiger partial charge in [-0.15, -0.1) is 0 Å². The number of nitrogens with one attached hydrogen (secondary N) is 1. The van der Waals surface area contributed by atoms with Crippen LogP contribution in [0.5, 0.6) is 5.75 Å². The third-order valence-corrected chi connectivity index (χ3v) is 3.77. The molecule has 0 radical (unpaired) electrons. The van der Waals surface area contributed by atoms with Crippen molar-refractivity contribution in [1.82, 2.24) is 19.9 Å². The van der Waals surface area contributed by atoms with Gasteiger partial charge in [-0.05, 0) is 17.7 Å². The molecule has 0 aliphatic rings. The van der Waals surface area contributed by atoms with Crippen LogP contribution in [0.15, 0.2) is 41.9 Å². The molecule has 0 atom stereocenters. The number of imidazole rings is 1. The van der Waals surface area contributed by atoms with Gasteiger partial charge in [0, 0.05) is 5.75 Å². The number of aromatic nitrogens is 4. The SMILES string of the molecule is FC(F)Oc1ccc(CSc2ncnc3nc[nH]c23)cc1. The molecule has 2 aromatic heterocycles. The molecule has 1 aromatic carbocycles. The van der Waals surface area contributed by atoms with Gasteiger partial charge < -0.3 is 9.72 Å². The first kappa shape index (κ1) is 13.7. The normalized spacial score (nSPS) is 11.2. The fourth-order valence-electron chi connectivity index (χ4n) is 1.77. The van der Waals surface area contributed by atoms with Crippen LogP contribution in [0.4, 0.5) is 8.78 Å². The summed E-state index contributed by atoms with van der Waals surface area (Å²) in [5.74, 6) is 0.803. The molecule has 0 spiro atoms. The maximum Gasteiger partial charge on any atom is 0.387 e. The van der Waals surface area contributed by atoms with Crippen LogP contribution in [0.1, 0.15) is 5.56 Å². The fourth-order valence-corrected chi connectivity index (χ4v) is 2.68. The first-order valence-corrected chi connectivity index (χ1v) is 7.01. The third-order valence-electron chi connectivity index (χ3n) is 2.71. The van der Waals surface area contributed by atoms with Crippen LogP contribution in [0.25, 0.3) is 11.2 Å². The van der Waals surface area contributed by atoms with E-state index < -0.39 is 6.61 Å². The summed E-state index contributed by atoms with van der Waals surface area (Å²) in [6, 6.07) is 6.54. The van der Waals surface area contributed by atoms with Crippen molar-refractivity contribution in [3.05, 3.63) is 42.5 Å². The predicted molar refractivity (Wildman–Crippen MR) is 74.3 cm³/mol. The number of thioether (sulfide) groups is 1. The van der Waals surface area contributed by atoms with E-state index in [0.29, 0.717) is 11.4 Å². The zero-order valence-corrected chi connectivity index (χ0v) is 11.5. The lowest BCUT2D eigenvalue weighted by Gasteiger charge is -2.05. The minimum Gasteiger partial charge on any atom is -0.435 e. The van der Waals surface area contributed by atoms with Crippen molar-refractivity contribution in [2.24, 2.45) is 0 Å². The number of benzene rings is 1. The minimum atomic E-state index is -2.81. The van der Waals surface area contributed by atoms with Gasteiger partial charge in [-0.1, -0.05) is 23.9 Å². The molecule has 0 bridgehead atoms. The molecule has 0 aliphatic carbocycles. The van der Waals surface area contributed by atoms with Gasteiger partial charge in [0.1, 0.15) is 22.6 Å². The number of alkyl halides is 2. The summed E-state index contributed by atoms with van der Waals surface area (Å²) in [6.07, 6.45) is 3.03. The van der Waals surface area contributed by atoms with E-state index in [2.05, 4.69) is 24.7 Å². The number of ether oxygens (including phenoxy) is 1. The highest BCUT2D eigenvalue weighted by Gasteiger charge is 2.07. The number of hydrogen-bond donors (Lipinski definition) is 1. The van der Waals surface area contributed by atoms with Gasteiger partial charge in [0.25, 0.3) is 0 Å². The van der Waals surface area contributed by atoms with Gasteiger partial charge in [-0.25, -0.2) is 15.0 Å². The highest BCUT2D eigenvalue weighted by atomic mass is 32.2. The number of H-pyrrole nitrogens is 1. The van der Waals surface area contributed by atoms with Crippen LogP contribution < -0.4 is 4.74 Å². The van der Waals surface area contributed by atoms with E-state index >= 15 is 0 Å². The molecular formula is C13H10F2N4OS. The Morgan fingerprint density at radius 1 is 1.14 bits per heavy atom. The summed E-state index contributed by atoms with van der Waals surface area (Å²) in [4.78, 5) is 15.3. The summed E-state index contributed by atoms with van der Waals surface area (Å²) in [7, 11) is 0. The molecule has 0 saturated carbocycles. The van der Waals surface area contributed by atoms with Gasteiger partial charge in [0.15, 0.2) is 5.65 Å². The molecule has 21 heavy (non-hydrogen) atoms. The Balaban J connectivity index is 1.68. The van der Waals surface area contributed by atoms with Crippen molar-refractivity contribution in [3.8, 4) is 5.75 Å². The van der Waals surface area contributed by atoms with Crippen LogP contribution >= 0.6 is 11.8 Å². The van der Waals surface area contributed by atoms with Crippen LogP contribution in [-0.4, -0.2) is 26.5 Å². The highest BCUT2D eigenvalue weighted by Crippen LogP contribution is 2.26. The average Bonchev–Trinajstić information content (AvgIpc) is 2.95. The van der Waals surface area contributed by atoms with E-state index in [4.69, 9.17) is 0 Å². The van der Waals surface area contributed by atoms with Gasteiger partial charge in [0.05, 0.1) is 6.33 Å². The molecule has 0 saturated heterocycles. The number of nitrogens with zero attached hydrogens (tertiary/aromatic N) is 3. The van der Waals surface area contributed by atoms with Crippen LogP contribution in [0.3, 0.4) is 0 Å². The number of fused-ring (bicyclic) bond motifs is 1. The number of rotatable bonds is 5. The molecule has 0 amide bonds. The van der Waals surface area contributed by atoms with Gasteiger partial charge in [-0.2, -0.15) is 8.78 Å². The van der Waals surface area contributed by atoms with Crippen LogP contribution in [0, 0.1) is 0 Å². The van der Waals surface area contributed by atoms with Gasteiger partial charge in [-0.3, -0.25) is 0 Å². The topological polar surface area (TPSA) is 63.7 Å². The largest absolute Gasteiger partial charge is 0.435 e. The molecular weight excluding hydrogens is 298 g/mol. The summed E-state index contributed by atoms with van der Waals surface area (Å²) in [5.41, 5.74) is 2.39. The average molecular weight is 308 g/mol. The smallest absolute Gasteiger partial charge is 0.387 e. The summed E-state index contributed by atoms with van der Waals surface area (Å²) >= 11 is 1.52. The molecule has 0 fully saturated rings. The Hall–Kier alpha value is -2.22. The Morgan fingerprint density at radius 3 is 2.71 bits per heavy atom. The molecule has 0 aliphatic heterocycles. The second-order valence-electron chi connectivity index (χ2n) is 4.09. The van der Waals surface area contributed by atoms with Gasteiger partial charge >= 0.3 is 6.61 Å². The zero-order valence-electron chi connectivity index (χ0n) is 10.7. The standard InChI is InChI=1S/C13H10F2N4OS/c14-13(15)20-9-3-1-8(2-4-9)5-21-12-10-11(17-6-16-10)18-7-19-12/h1-4,6-7,13H,5H2,(H,16,17,18,19). The second-order valence-corrected chi connectivity index (χ2v) is 5.06. The molecule has 0 unspecified atom stereocenters. The zero-order chi connectivity index (χ0) is 14.7. The molecule has 8 heteroatoms. The lowest BCUT2D eigenvalue weighted by Crippen LogP contribution is -2.01. The molecule has 1 N–H and O–H groups in total. The predicted octanol–water partition coefficient (Wildman–Crippen LogP) is 3.25. The maximum absolute atomic E-state index is 12.1. The van der Waals surface area contributed by atoms with E-state index in [1.165, 1.54) is 30.2 Å². The first-order valence-electron chi connectivity index (χ1n) is 6.03. The Labute approximate surface area is 122 Å². The van der Waals surface area contributed by atoms with Gasteiger partial charge in [0.2, 0.25) is 0 Å². The summed E-state index contributed by atoms with van der Waals surface area (Å²) in [5, 5.41) is 0.797. The van der Waals surface area contributed by atoms with Crippen molar-refractivity contribution < 1.29 is 13.5 Å². The maximum atomic E-state index is 12.1. The Kier molecular flexibility index (Phi) is 3.96. The van der Waals surface area contributed by atoms with E-state index in [-0.39, 0.29) is 5.75 Å². The number of aromatic amines is 1. The van der Waals surface area contributed by atoms with E-state index in [1.54, 1.807) is 18.5 Å². The van der Waals surface area contributed by atoms with Crippen LogP contribution in [-0.2, 0) is 5.75 Å². The summed E-state index contributed by atoms with van der Waals surface area (Å²) in [6.45, 7) is -2.81. The molecule has 3 rings (SSSR count). The molecule has 2 heterocycles. The van der Waals surface area contributed by atoms with E-state index in [0.717, 1.165) is 16.1 Å². The van der Waals surface area contributed by atoms with E-state index in [1.807, 2.05) is 0 Å². The highest BCUT2D eigenvalue weighted by molar-refractivity contribution is 7.98. The molecule has 3 aromatic rings. The Morgan fingerprint density at radius 2 is 1.95 bits per heavy atom. The minimum absolute atomic E-state index is 0.150. The lowest BCUT2D eigenvalue weighted by molar-refractivity contribution is -0.0498. The fraction of sp³-hybridized carbons (Fsp3) is 0.154. The number of hydrogen-bond acceptors (Lipinski definition) is 5. The van der Waals surface area contributed by atoms with Crippen molar-refractivity contribution in [1.29, 1.82) is 0 Å². The lowest BCUT2D eigenvalue weighted by atomic mass is 10.2. The van der Waals surface area contributed by atoms with Crippen molar-refractivity contribution >= 4 is 22.9 Å². The molecule has 5 nitrogen and oxygen atoms in total. The Bertz CT molecular complexity index is 732. The third kappa shape index (κ3) is 3.27. The van der Waals surface area contributed by atoms with Crippen LogP contribution in [0.2, 0.25) is 0 Å².